The van der Waals surface area contributed by atoms with Crippen molar-refractivity contribution in [1.82, 2.24) is 0 Å². The Morgan fingerprint density at radius 2 is 1.68 bits per heavy atom. The predicted octanol–water partition coefficient (Wildman–Crippen LogP) is 4.58. The minimum absolute atomic E-state index is 0.346. The molecule has 0 saturated carbocycles. The molecule has 1 unspecified atom stereocenters. The Balaban J connectivity index is 2.40. The van der Waals surface area contributed by atoms with Crippen LogP contribution in [0.25, 0.3) is 0 Å². The van der Waals surface area contributed by atoms with E-state index >= 15 is 0 Å². The molecular formula is C17H22O2. The third-order valence-corrected chi connectivity index (χ3v) is 3.87. The highest BCUT2D eigenvalue weighted by Crippen LogP contribution is 2.36. The number of ether oxygens (including phenoxy) is 1. The van der Waals surface area contributed by atoms with E-state index < -0.39 is 0 Å². The summed E-state index contributed by atoms with van der Waals surface area (Å²) in [7, 11) is 1.71. The minimum atomic E-state index is 0.346. The normalized spacial score (nSPS) is 19.4. The van der Waals surface area contributed by atoms with Crippen LogP contribution < -0.4 is 4.74 Å². The Hall–Kier alpha value is -1.70. The van der Waals surface area contributed by atoms with Crippen LogP contribution in [0.5, 0.6) is 5.75 Å². The lowest BCUT2D eigenvalue weighted by Crippen LogP contribution is -2.07. The molecule has 0 bridgehead atoms. The Morgan fingerprint density at radius 1 is 1.11 bits per heavy atom. The second-order valence-corrected chi connectivity index (χ2v) is 5.48. The van der Waals surface area contributed by atoms with E-state index in [0.717, 1.165) is 23.3 Å². The van der Waals surface area contributed by atoms with Crippen LogP contribution in [0.15, 0.2) is 35.1 Å². The van der Waals surface area contributed by atoms with Crippen molar-refractivity contribution in [2.75, 3.05) is 7.11 Å². The number of hydrogen-bond donors (Lipinski definition) is 1. The van der Waals surface area contributed by atoms with Gasteiger partial charge in [-0.1, -0.05) is 18.2 Å². The number of allylic oxidation sites excluding steroid dienone is 3. The lowest BCUT2D eigenvalue weighted by molar-refractivity contribution is 0.405. The van der Waals surface area contributed by atoms with Gasteiger partial charge < -0.3 is 9.84 Å². The molecule has 1 aliphatic rings. The van der Waals surface area contributed by atoms with E-state index in [0.29, 0.717) is 11.7 Å². The zero-order chi connectivity index (χ0) is 14.2. The van der Waals surface area contributed by atoms with Crippen molar-refractivity contribution in [3.05, 3.63) is 51.8 Å². The molecule has 1 aromatic rings. The van der Waals surface area contributed by atoms with Crippen molar-refractivity contribution in [3.63, 3.8) is 0 Å². The fourth-order valence-corrected chi connectivity index (χ4v) is 2.94. The molecule has 102 valence electrons. The van der Waals surface area contributed by atoms with E-state index in [1.54, 1.807) is 7.11 Å². The molecule has 0 fully saturated rings. The Bertz CT molecular complexity index is 542. The standard InChI is InChI=1S/C17H22O2/c1-10-6-14(7-11(2)16(10)18)15-8-12(3)17(19-5)13(4)9-15/h6,8-9,14,18H,7H2,1-5H3. The third-order valence-electron chi connectivity index (χ3n) is 3.87. The average molecular weight is 258 g/mol. The first kappa shape index (κ1) is 13.7. The van der Waals surface area contributed by atoms with Crippen molar-refractivity contribution in [2.24, 2.45) is 0 Å². The highest BCUT2D eigenvalue weighted by atomic mass is 16.5. The second kappa shape index (κ2) is 5.12. The van der Waals surface area contributed by atoms with E-state index in [-0.39, 0.29) is 0 Å². The van der Waals surface area contributed by atoms with Crippen LogP contribution in [0, 0.1) is 13.8 Å². The summed E-state index contributed by atoms with van der Waals surface area (Å²) in [4.78, 5) is 0. The van der Waals surface area contributed by atoms with Gasteiger partial charge >= 0.3 is 0 Å². The summed E-state index contributed by atoms with van der Waals surface area (Å²) in [6.07, 6.45) is 3.04. The first-order chi connectivity index (χ1) is 8.93. The van der Waals surface area contributed by atoms with Crippen LogP contribution >= 0.6 is 0 Å². The van der Waals surface area contributed by atoms with Gasteiger partial charge in [0.15, 0.2) is 0 Å². The van der Waals surface area contributed by atoms with E-state index in [1.807, 2.05) is 13.8 Å². The molecular weight excluding hydrogens is 236 g/mol. The quantitative estimate of drug-likeness (QED) is 0.841. The van der Waals surface area contributed by atoms with E-state index in [4.69, 9.17) is 4.74 Å². The largest absolute Gasteiger partial charge is 0.508 e. The van der Waals surface area contributed by atoms with Crippen molar-refractivity contribution in [2.45, 2.75) is 40.0 Å². The number of hydrogen-bond acceptors (Lipinski definition) is 2. The molecule has 2 rings (SSSR count). The number of rotatable bonds is 2. The Kier molecular flexibility index (Phi) is 3.70. The number of aryl methyl sites for hydroxylation is 2. The highest BCUT2D eigenvalue weighted by Gasteiger charge is 2.19. The second-order valence-electron chi connectivity index (χ2n) is 5.48. The smallest absolute Gasteiger partial charge is 0.124 e. The van der Waals surface area contributed by atoms with Gasteiger partial charge in [0.1, 0.15) is 11.5 Å². The number of methoxy groups -OCH3 is 1. The SMILES string of the molecule is COc1c(C)cc(C2C=C(C)C(O)=C(C)C2)cc1C. The monoisotopic (exact) mass is 258 g/mol. The summed E-state index contributed by atoms with van der Waals surface area (Å²) in [6, 6.07) is 4.38. The van der Waals surface area contributed by atoms with E-state index in [1.165, 1.54) is 16.7 Å². The molecule has 1 N–H and O–H groups in total. The summed E-state index contributed by atoms with van der Waals surface area (Å²) in [5, 5.41) is 9.89. The van der Waals surface area contributed by atoms with Gasteiger partial charge in [0, 0.05) is 5.92 Å². The molecule has 0 saturated heterocycles. The van der Waals surface area contributed by atoms with E-state index in [9.17, 15) is 5.11 Å². The number of benzene rings is 1. The van der Waals surface area contributed by atoms with Crippen LogP contribution in [0.1, 0.15) is 42.9 Å². The van der Waals surface area contributed by atoms with Crippen LogP contribution in [0.3, 0.4) is 0 Å². The number of aliphatic hydroxyl groups excluding tert-OH is 1. The molecule has 0 aliphatic heterocycles. The third kappa shape index (κ3) is 2.53. The van der Waals surface area contributed by atoms with Crippen molar-refractivity contribution < 1.29 is 9.84 Å². The van der Waals surface area contributed by atoms with Crippen LogP contribution in [0.2, 0.25) is 0 Å². The van der Waals surface area contributed by atoms with Crippen molar-refractivity contribution in [3.8, 4) is 5.75 Å². The topological polar surface area (TPSA) is 29.5 Å². The molecule has 0 heterocycles. The molecule has 1 aromatic carbocycles. The van der Waals surface area contributed by atoms with Gasteiger partial charge in [-0.05, 0) is 62.0 Å². The maximum absolute atomic E-state index is 9.89. The lowest BCUT2D eigenvalue weighted by atomic mass is 9.84. The maximum atomic E-state index is 9.89. The first-order valence-corrected chi connectivity index (χ1v) is 6.66. The zero-order valence-electron chi connectivity index (χ0n) is 12.4. The Labute approximate surface area is 115 Å². The van der Waals surface area contributed by atoms with Crippen molar-refractivity contribution >= 4 is 0 Å². The number of aliphatic hydroxyl groups is 1. The average Bonchev–Trinajstić information content (AvgIpc) is 2.35. The maximum Gasteiger partial charge on any atom is 0.124 e. The van der Waals surface area contributed by atoms with Gasteiger partial charge in [0.25, 0.3) is 0 Å². The molecule has 2 nitrogen and oxygen atoms in total. The van der Waals surface area contributed by atoms with Gasteiger partial charge in [0.2, 0.25) is 0 Å². The summed E-state index contributed by atoms with van der Waals surface area (Å²) < 4.78 is 5.41. The van der Waals surface area contributed by atoms with Crippen LogP contribution in [0.4, 0.5) is 0 Å². The van der Waals surface area contributed by atoms with E-state index in [2.05, 4.69) is 32.1 Å². The van der Waals surface area contributed by atoms with Gasteiger partial charge in [-0.2, -0.15) is 0 Å². The summed E-state index contributed by atoms with van der Waals surface area (Å²) in [6.45, 7) is 8.13. The predicted molar refractivity (Wildman–Crippen MR) is 78.9 cm³/mol. The molecule has 1 aliphatic carbocycles. The van der Waals surface area contributed by atoms with Gasteiger partial charge in [-0.25, -0.2) is 0 Å². The molecule has 19 heavy (non-hydrogen) atoms. The molecule has 1 atom stereocenters. The lowest BCUT2D eigenvalue weighted by Gasteiger charge is -2.23. The Morgan fingerprint density at radius 3 is 2.16 bits per heavy atom. The minimum Gasteiger partial charge on any atom is -0.508 e. The van der Waals surface area contributed by atoms with Crippen LogP contribution in [-0.2, 0) is 0 Å². The van der Waals surface area contributed by atoms with Gasteiger partial charge in [-0.3, -0.25) is 0 Å². The van der Waals surface area contributed by atoms with Gasteiger partial charge in [-0.15, -0.1) is 0 Å². The fraction of sp³-hybridized carbons (Fsp3) is 0.412. The molecule has 0 spiro atoms. The zero-order valence-corrected chi connectivity index (χ0v) is 12.4. The first-order valence-electron chi connectivity index (χ1n) is 6.66. The summed E-state index contributed by atoms with van der Waals surface area (Å²) >= 11 is 0. The molecule has 0 amide bonds. The van der Waals surface area contributed by atoms with Crippen molar-refractivity contribution in [1.29, 1.82) is 0 Å². The molecule has 2 heteroatoms. The molecule has 0 radical (unpaired) electrons. The summed E-state index contributed by atoms with van der Waals surface area (Å²) in [5.74, 6) is 1.77. The van der Waals surface area contributed by atoms with Gasteiger partial charge in [0.05, 0.1) is 7.11 Å². The molecule has 0 aromatic heterocycles. The summed E-state index contributed by atoms with van der Waals surface area (Å²) in [5.41, 5.74) is 5.66. The highest BCUT2D eigenvalue weighted by molar-refractivity contribution is 5.47. The van der Waals surface area contributed by atoms with Crippen LogP contribution in [-0.4, -0.2) is 12.2 Å². The fourth-order valence-electron chi connectivity index (χ4n) is 2.94.